The molecular weight excluding hydrogens is 419 g/mol. The van der Waals surface area contributed by atoms with Gasteiger partial charge in [0.15, 0.2) is 28.9 Å². The van der Waals surface area contributed by atoms with E-state index in [4.69, 9.17) is 31.7 Å². The van der Waals surface area contributed by atoms with Crippen LogP contribution in [-0.2, 0) is 12.4 Å². The first-order valence-corrected chi connectivity index (χ1v) is 10.3. The van der Waals surface area contributed by atoms with Gasteiger partial charge in [0, 0.05) is 12.2 Å². The van der Waals surface area contributed by atoms with Crippen LogP contribution in [0.3, 0.4) is 0 Å². The zero-order chi connectivity index (χ0) is 20.2. The summed E-state index contributed by atoms with van der Waals surface area (Å²) in [6.07, 6.45) is 0.809. The minimum atomic E-state index is -0.448. The van der Waals surface area contributed by atoms with E-state index in [2.05, 4.69) is 10.2 Å². The maximum Gasteiger partial charge on any atom is 0.210 e. The predicted octanol–water partition coefficient (Wildman–Crippen LogP) is 3.82. The van der Waals surface area contributed by atoms with Crippen LogP contribution in [0.25, 0.3) is 0 Å². The van der Waals surface area contributed by atoms with Crippen molar-refractivity contribution in [1.82, 2.24) is 14.9 Å². The number of benzene rings is 2. The van der Waals surface area contributed by atoms with E-state index in [1.54, 1.807) is 12.1 Å². The van der Waals surface area contributed by atoms with Gasteiger partial charge in [0.25, 0.3) is 0 Å². The molecule has 1 aliphatic heterocycles. The molecule has 2 N–H and O–H groups in total. The van der Waals surface area contributed by atoms with Gasteiger partial charge in [-0.2, -0.15) is 0 Å². The second-order valence-electron chi connectivity index (χ2n) is 6.23. The maximum atomic E-state index is 13.7. The summed E-state index contributed by atoms with van der Waals surface area (Å²) in [5.74, 6) is 7.89. The van der Waals surface area contributed by atoms with Crippen LogP contribution in [0.1, 0.15) is 17.8 Å². The van der Waals surface area contributed by atoms with Crippen molar-refractivity contribution in [2.45, 2.75) is 23.9 Å². The van der Waals surface area contributed by atoms with Gasteiger partial charge < -0.3 is 20.1 Å². The standard InChI is InChI=1S/C19H18ClFN4O3S/c20-13-8-12(9-16-18(13)27-7-3-6-26-16)11-29-19-24-23-17(25(19)22)10-28-15-5-2-1-4-14(15)21/h1-2,4-5,8-9H,3,6-7,10-11,22H2. The molecule has 2 aromatic carbocycles. The second-order valence-corrected chi connectivity index (χ2v) is 7.58. The van der Waals surface area contributed by atoms with Gasteiger partial charge >= 0.3 is 0 Å². The zero-order valence-electron chi connectivity index (χ0n) is 15.3. The highest BCUT2D eigenvalue weighted by Gasteiger charge is 2.17. The van der Waals surface area contributed by atoms with Crippen molar-refractivity contribution in [3.63, 3.8) is 0 Å². The predicted molar refractivity (Wildman–Crippen MR) is 108 cm³/mol. The third kappa shape index (κ3) is 4.51. The minimum Gasteiger partial charge on any atom is -0.489 e. The van der Waals surface area contributed by atoms with Crippen LogP contribution in [0.4, 0.5) is 4.39 Å². The SMILES string of the molecule is Nn1c(COc2ccccc2F)nnc1SCc1cc(Cl)c2c(c1)OCCCO2. The molecule has 0 fully saturated rings. The molecule has 0 saturated carbocycles. The van der Waals surface area contributed by atoms with Gasteiger partial charge in [-0.25, -0.2) is 9.07 Å². The summed E-state index contributed by atoms with van der Waals surface area (Å²) >= 11 is 7.72. The Morgan fingerprint density at radius 2 is 2.03 bits per heavy atom. The molecule has 0 spiro atoms. The lowest BCUT2D eigenvalue weighted by Crippen LogP contribution is -2.16. The molecule has 29 heavy (non-hydrogen) atoms. The molecule has 4 rings (SSSR count). The first-order chi connectivity index (χ1) is 14.1. The highest BCUT2D eigenvalue weighted by Crippen LogP contribution is 2.39. The van der Waals surface area contributed by atoms with Crippen molar-refractivity contribution < 1.29 is 18.6 Å². The van der Waals surface area contributed by atoms with Gasteiger partial charge in [-0.3, -0.25) is 0 Å². The van der Waals surface area contributed by atoms with Gasteiger partial charge in [-0.1, -0.05) is 35.5 Å². The van der Waals surface area contributed by atoms with Crippen LogP contribution in [0, 0.1) is 5.82 Å². The fraction of sp³-hybridized carbons (Fsp3) is 0.263. The number of rotatable bonds is 6. The summed E-state index contributed by atoms with van der Waals surface area (Å²) in [7, 11) is 0. The number of nitrogen functional groups attached to an aromatic ring is 1. The molecule has 3 aromatic rings. The third-order valence-electron chi connectivity index (χ3n) is 4.16. The molecule has 0 unspecified atom stereocenters. The maximum absolute atomic E-state index is 13.7. The first kappa shape index (κ1) is 19.7. The van der Waals surface area contributed by atoms with Crippen LogP contribution in [0.5, 0.6) is 17.2 Å². The molecule has 7 nitrogen and oxygen atoms in total. The van der Waals surface area contributed by atoms with Gasteiger partial charge in [0.1, 0.15) is 6.61 Å². The Labute approximate surface area is 175 Å². The number of aromatic nitrogens is 3. The average molecular weight is 437 g/mol. The molecule has 1 aromatic heterocycles. The fourth-order valence-electron chi connectivity index (χ4n) is 2.72. The molecule has 0 radical (unpaired) electrons. The van der Waals surface area contributed by atoms with Crippen molar-refractivity contribution in [2.75, 3.05) is 19.1 Å². The molecule has 152 valence electrons. The first-order valence-electron chi connectivity index (χ1n) is 8.89. The van der Waals surface area contributed by atoms with Crippen molar-refractivity contribution in [1.29, 1.82) is 0 Å². The quantitative estimate of drug-likeness (QED) is 0.464. The van der Waals surface area contributed by atoms with E-state index in [1.807, 2.05) is 12.1 Å². The van der Waals surface area contributed by atoms with E-state index in [-0.39, 0.29) is 12.4 Å². The average Bonchev–Trinajstić information content (AvgIpc) is 2.90. The Morgan fingerprint density at radius 1 is 1.21 bits per heavy atom. The summed E-state index contributed by atoms with van der Waals surface area (Å²) in [5, 5.41) is 9.11. The Balaban J connectivity index is 1.41. The largest absolute Gasteiger partial charge is 0.489 e. The number of hydrogen-bond acceptors (Lipinski definition) is 7. The Kier molecular flexibility index (Phi) is 5.96. The van der Waals surface area contributed by atoms with Gasteiger partial charge in [-0.05, 0) is 29.8 Å². The molecular formula is C19H18ClFN4O3S. The van der Waals surface area contributed by atoms with Crippen molar-refractivity contribution >= 4 is 23.4 Å². The topological polar surface area (TPSA) is 84.4 Å². The van der Waals surface area contributed by atoms with E-state index in [9.17, 15) is 4.39 Å². The number of nitrogens with two attached hydrogens (primary N) is 1. The van der Waals surface area contributed by atoms with Crippen LogP contribution < -0.4 is 20.1 Å². The van der Waals surface area contributed by atoms with E-state index in [0.29, 0.717) is 46.5 Å². The summed E-state index contributed by atoms with van der Waals surface area (Å²) in [6.45, 7) is 1.16. The highest BCUT2D eigenvalue weighted by molar-refractivity contribution is 7.98. The smallest absolute Gasteiger partial charge is 0.210 e. The van der Waals surface area contributed by atoms with Gasteiger partial charge in [0.2, 0.25) is 5.16 Å². The molecule has 0 atom stereocenters. The van der Waals surface area contributed by atoms with Crippen LogP contribution in [0.15, 0.2) is 41.6 Å². The highest BCUT2D eigenvalue weighted by atomic mass is 35.5. The lowest BCUT2D eigenvalue weighted by molar-refractivity contribution is 0.277. The summed E-state index contributed by atoms with van der Waals surface area (Å²) < 4.78 is 31.8. The van der Waals surface area contributed by atoms with Crippen LogP contribution in [0.2, 0.25) is 5.02 Å². The number of para-hydroxylation sites is 1. The summed E-state index contributed by atoms with van der Waals surface area (Å²) in [4.78, 5) is 0. The number of ether oxygens (including phenoxy) is 3. The van der Waals surface area contributed by atoms with Crippen molar-refractivity contribution in [3.8, 4) is 17.2 Å². The monoisotopic (exact) mass is 436 g/mol. The van der Waals surface area contributed by atoms with E-state index >= 15 is 0 Å². The van der Waals surface area contributed by atoms with E-state index in [0.717, 1.165) is 12.0 Å². The van der Waals surface area contributed by atoms with Gasteiger partial charge in [0.05, 0.1) is 18.2 Å². The zero-order valence-corrected chi connectivity index (χ0v) is 16.9. The number of nitrogens with zero attached hydrogens (tertiary/aromatic N) is 3. The van der Waals surface area contributed by atoms with Gasteiger partial charge in [-0.15, -0.1) is 10.2 Å². The van der Waals surface area contributed by atoms with Crippen molar-refractivity contribution in [3.05, 3.63) is 58.6 Å². The normalized spacial score (nSPS) is 13.2. The molecule has 0 aliphatic carbocycles. The van der Waals surface area contributed by atoms with E-state index in [1.165, 1.54) is 28.6 Å². The lowest BCUT2D eigenvalue weighted by Gasteiger charge is -2.11. The van der Waals surface area contributed by atoms with Crippen molar-refractivity contribution in [2.24, 2.45) is 0 Å². The van der Waals surface area contributed by atoms with Crippen LogP contribution in [-0.4, -0.2) is 28.1 Å². The Morgan fingerprint density at radius 3 is 2.90 bits per heavy atom. The van der Waals surface area contributed by atoms with E-state index < -0.39 is 5.82 Å². The molecule has 0 saturated heterocycles. The lowest BCUT2D eigenvalue weighted by atomic mass is 10.2. The third-order valence-corrected chi connectivity index (χ3v) is 5.45. The molecule has 2 heterocycles. The number of thioether (sulfide) groups is 1. The Hall–Kier alpha value is -2.65. The molecule has 1 aliphatic rings. The molecule has 0 amide bonds. The summed E-state index contributed by atoms with van der Waals surface area (Å²) in [5.41, 5.74) is 0.941. The number of hydrogen-bond donors (Lipinski definition) is 1. The minimum absolute atomic E-state index is 0.000839. The number of fused-ring (bicyclic) bond motifs is 1. The number of halogens is 2. The van der Waals surface area contributed by atoms with Crippen LogP contribution >= 0.6 is 23.4 Å². The molecule has 10 heteroatoms. The fourth-order valence-corrected chi connectivity index (χ4v) is 3.82. The molecule has 0 bridgehead atoms. The summed E-state index contributed by atoms with van der Waals surface area (Å²) in [6, 6.07) is 9.88. The Bertz CT molecular complexity index is 1020. The second kappa shape index (κ2) is 8.79.